The topological polar surface area (TPSA) is 49.3 Å². The second kappa shape index (κ2) is 6.44. The van der Waals surface area contributed by atoms with Crippen molar-refractivity contribution in [1.82, 2.24) is 5.32 Å². The molecule has 0 spiro atoms. The van der Waals surface area contributed by atoms with Crippen molar-refractivity contribution in [2.45, 2.75) is 38.1 Å². The van der Waals surface area contributed by atoms with E-state index in [1.54, 1.807) is 11.8 Å². The van der Waals surface area contributed by atoms with Crippen molar-refractivity contribution in [1.29, 1.82) is 0 Å². The molecule has 3 nitrogen and oxygen atoms in total. The SMILES string of the molecule is CSc1cccc(C(=O)NC(C)(CO)C(C)C)c1C. The molecule has 2 N–H and O–H groups in total. The van der Waals surface area contributed by atoms with Gasteiger partial charge in [-0.25, -0.2) is 0 Å². The fourth-order valence-electron chi connectivity index (χ4n) is 1.77. The van der Waals surface area contributed by atoms with Crippen LogP contribution in [0.1, 0.15) is 36.7 Å². The lowest BCUT2D eigenvalue weighted by Crippen LogP contribution is -2.52. The summed E-state index contributed by atoms with van der Waals surface area (Å²) in [4.78, 5) is 13.5. The van der Waals surface area contributed by atoms with Crippen LogP contribution in [0.2, 0.25) is 0 Å². The second-order valence-corrected chi connectivity index (χ2v) is 6.17. The Hall–Kier alpha value is -1.00. The van der Waals surface area contributed by atoms with E-state index in [-0.39, 0.29) is 18.4 Å². The lowest BCUT2D eigenvalue weighted by molar-refractivity contribution is 0.0783. The van der Waals surface area contributed by atoms with E-state index in [9.17, 15) is 9.90 Å². The second-order valence-electron chi connectivity index (χ2n) is 5.32. The molecule has 106 valence electrons. The summed E-state index contributed by atoms with van der Waals surface area (Å²) in [5, 5.41) is 12.5. The summed E-state index contributed by atoms with van der Waals surface area (Å²) in [7, 11) is 0. The molecule has 1 aromatic carbocycles. The molecule has 1 atom stereocenters. The Morgan fingerprint density at radius 3 is 2.58 bits per heavy atom. The Morgan fingerprint density at radius 1 is 1.47 bits per heavy atom. The lowest BCUT2D eigenvalue weighted by atomic mass is 9.89. The van der Waals surface area contributed by atoms with Crippen molar-refractivity contribution in [3.05, 3.63) is 29.3 Å². The third kappa shape index (κ3) is 3.51. The van der Waals surface area contributed by atoms with Gasteiger partial charge in [0.15, 0.2) is 0 Å². The minimum atomic E-state index is -0.598. The van der Waals surface area contributed by atoms with Crippen LogP contribution in [-0.2, 0) is 0 Å². The zero-order chi connectivity index (χ0) is 14.6. The number of hydrogen-bond donors (Lipinski definition) is 2. The number of hydrogen-bond acceptors (Lipinski definition) is 3. The van der Waals surface area contributed by atoms with Crippen LogP contribution < -0.4 is 5.32 Å². The standard InChI is InChI=1S/C15H23NO2S/c1-10(2)15(4,9-17)16-14(18)12-7-6-8-13(19-5)11(12)3/h6-8,10,17H,9H2,1-5H3,(H,16,18). The van der Waals surface area contributed by atoms with E-state index in [0.717, 1.165) is 10.5 Å². The Labute approximate surface area is 119 Å². The largest absolute Gasteiger partial charge is 0.394 e. The number of carbonyl (C=O) groups is 1. The van der Waals surface area contributed by atoms with Crippen LogP contribution in [0.3, 0.4) is 0 Å². The van der Waals surface area contributed by atoms with Gasteiger partial charge in [0.2, 0.25) is 0 Å². The van der Waals surface area contributed by atoms with Crippen molar-refractivity contribution in [2.24, 2.45) is 5.92 Å². The molecule has 0 saturated carbocycles. The molecule has 0 radical (unpaired) electrons. The minimum Gasteiger partial charge on any atom is -0.394 e. The maximum atomic E-state index is 12.4. The van der Waals surface area contributed by atoms with E-state index < -0.39 is 5.54 Å². The van der Waals surface area contributed by atoms with Crippen LogP contribution in [0.25, 0.3) is 0 Å². The smallest absolute Gasteiger partial charge is 0.252 e. The number of benzene rings is 1. The summed E-state index contributed by atoms with van der Waals surface area (Å²) >= 11 is 1.63. The molecule has 0 heterocycles. The molecule has 1 aromatic rings. The first-order chi connectivity index (χ1) is 8.85. The molecule has 0 bridgehead atoms. The fourth-order valence-corrected chi connectivity index (χ4v) is 2.41. The van der Waals surface area contributed by atoms with Gasteiger partial charge >= 0.3 is 0 Å². The van der Waals surface area contributed by atoms with Crippen molar-refractivity contribution >= 4 is 17.7 Å². The molecule has 0 fully saturated rings. The molecule has 0 aliphatic rings. The summed E-state index contributed by atoms with van der Waals surface area (Å²) in [5.74, 6) is 0.0316. The van der Waals surface area contributed by atoms with Gasteiger partial charge in [0.1, 0.15) is 0 Å². The van der Waals surface area contributed by atoms with Gasteiger partial charge in [0.05, 0.1) is 12.1 Å². The zero-order valence-electron chi connectivity index (χ0n) is 12.3. The van der Waals surface area contributed by atoms with Gasteiger partial charge in [-0.1, -0.05) is 19.9 Å². The number of carbonyl (C=O) groups excluding carboxylic acids is 1. The molecule has 0 aliphatic heterocycles. The number of thioether (sulfide) groups is 1. The number of amides is 1. The predicted molar refractivity (Wildman–Crippen MR) is 80.8 cm³/mol. The Balaban J connectivity index is 3.02. The molecule has 1 amide bonds. The molecule has 0 aromatic heterocycles. The third-order valence-corrected chi connectivity index (χ3v) is 4.63. The van der Waals surface area contributed by atoms with E-state index in [2.05, 4.69) is 5.32 Å². The fraction of sp³-hybridized carbons (Fsp3) is 0.533. The Kier molecular flexibility index (Phi) is 5.44. The molecular formula is C15H23NO2S. The summed E-state index contributed by atoms with van der Waals surface area (Å²) in [6.45, 7) is 7.72. The number of rotatable bonds is 5. The Bertz CT molecular complexity index is 459. The molecular weight excluding hydrogens is 258 g/mol. The van der Waals surface area contributed by atoms with Gasteiger partial charge in [0.25, 0.3) is 5.91 Å². The quantitative estimate of drug-likeness (QED) is 0.816. The van der Waals surface area contributed by atoms with Crippen LogP contribution in [0.15, 0.2) is 23.1 Å². The zero-order valence-corrected chi connectivity index (χ0v) is 13.1. The first-order valence-corrected chi connectivity index (χ1v) is 7.65. The van der Waals surface area contributed by atoms with Gasteiger partial charge in [-0.2, -0.15) is 0 Å². The van der Waals surface area contributed by atoms with Crippen LogP contribution in [0.4, 0.5) is 0 Å². The number of nitrogens with one attached hydrogen (secondary N) is 1. The molecule has 1 unspecified atom stereocenters. The van der Waals surface area contributed by atoms with E-state index in [4.69, 9.17) is 0 Å². The average Bonchev–Trinajstić information content (AvgIpc) is 2.38. The molecule has 0 aliphatic carbocycles. The summed E-state index contributed by atoms with van der Waals surface area (Å²) in [6, 6.07) is 5.71. The van der Waals surface area contributed by atoms with Crippen LogP contribution in [-0.4, -0.2) is 29.4 Å². The van der Waals surface area contributed by atoms with Crippen molar-refractivity contribution in [3.8, 4) is 0 Å². The van der Waals surface area contributed by atoms with Crippen molar-refractivity contribution in [2.75, 3.05) is 12.9 Å². The number of aliphatic hydroxyl groups is 1. The lowest BCUT2D eigenvalue weighted by Gasteiger charge is -2.33. The first kappa shape index (κ1) is 16.1. The van der Waals surface area contributed by atoms with Gasteiger partial charge < -0.3 is 10.4 Å². The van der Waals surface area contributed by atoms with Gasteiger partial charge in [-0.15, -0.1) is 11.8 Å². The van der Waals surface area contributed by atoms with Crippen LogP contribution >= 0.6 is 11.8 Å². The van der Waals surface area contributed by atoms with E-state index in [1.165, 1.54) is 0 Å². The highest BCUT2D eigenvalue weighted by atomic mass is 32.2. The van der Waals surface area contributed by atoms with Crippen molar-refractivity contribution < 1.29 is 9.90 Å². The monoisotopic (exact) mass is 281 g/mol. The highest BCUT2D eigenvalue weighted by Crippen LogP contribution is 2.24. The molecule has 19 heavy (non-hydrogen) atoms. The average molecular weight is 281 g/mol. The molecule has 1 rings (SSSR count). The molecule has 0 saturated heterocycles. The van der Waals surface area contributed by atoms with Crippen LogP contribution in [0, 0.1) is 12.8 Å². The van der Waals surface area contributed by atoms with E-state index >= 15 is 0 Å². The molecule has 4 heteroatoms. The van der Waals surface area contributed by atoms with Crippen LogP contribution in [0.5, 0.6) is 0 Å². The third-order valence-electron chi connectivity index (χ3n) is 3.75. The summed E-state index contributed by atoms with van der Waals surface area (Å²) in [6.07, 6.45) is 2.00. The maximum absolute atomic E-state index is 12.4. The normalized spacial score (nSPS) is 14.3. The first-order valence-electron chi connectivity index (χ1n) is 6.42. The van der Waals surface area contributed by atoms with E-state index in [1.807, 2.05) is 52.1 Å². The van der Waals surface area contributed by atoms with Gasteiger partial charge in [-0.3, -0.25) is 4.79 Å². The van der Waals surface area contributed by atoms with Gasteiger partial charge in [0, 0.05) is 10.5 Å². The highest BCUT2D eigenvalue weighted by Gasteiger charge is 2.30. The predicted octanol–water partition coefficient (Wildman–Crippen LogP) is 2.85. The van der Waals surface area contributed by atoms with E-state index in [0.29, 0.717) is 5.56 Å². The number of aliphatic hydroxyl groups excluding tert-OH is 1. The minimum absolute atomic E-state index is 0.0718. The summed E-state index contributed by atoms with van der Waals surface area (Å²) < 4.78 is 0. The van der Waals surface area contributed by atoms with Crippen molar-refractivity contribution in [3.63, 3.8) is 0 Å². The highest BCUT2D eigenvalue weighted by molar-refractivity contribution is 7.98. The van der Waals surface area contributed by atoms with Gasteiger partial charge in [-0.05, 0) is 43.7 Å². The maximum Gasteiger partial charge on any atom is 0.252 e. The summed E-state index contributed by atoms with van der Waals surface area (Å²) in [5.41, 5.74) is 1.06. The Morgan fingerprint density at radius 2 is 2.11 bits per heavy atom.